The van der Waals surface area contributed by atoms with Gasteiger partial charge in [-0.05, 0) is 34.0 Å². The Morgan fingerprint density at radius 2 is 0.750 bits per heavy atom. The smallest absolute Gasteiger partial charge is 0.407 e. The number of carbonyl (C=O) groups is 10. The third-order valence-electron chi connectivity index (χ3n) is 11.9. The predicted molar refractivity (Wildman–Crippen MR) is 292 cm³/mol. The number of ether oxygens (including phenoxy) is 9. The SMILES string of the molecule is O=C(O)CCOCC(COCCC(=O)O)(COCCC(=O)O)NC(=O)CCOCC(COCCC(=O)NC(COCCC(=O)O)(COCCC(=O)O)COCCC(=O)O)NC(=O)CCCNC(=O)OCc1c2ccccc2cc2ccccc12. The zero-order valence-corrected chi connectivity index (χ0v) is 46.5. The third kappa shape index (κ3) is 30.6. The van der Waals surface area contributed by atoms with E-state index in [1.54, 1.807) is 0 Å². The molecule has 3 aromatic carbocycles. The van der Waals surface area contributed by atoms with Crippen LogP contribution >= 0.6 is 0 Å². The summed E-state index contributed by atoms with van der Waals surface area (Å²) in [7, 11) is 0. The lowest BCUT2D eigenvalue weighted by Crippen LogP contribution is -2.59. The van der Waals surface area contributed by atoms with Crippen molar-refractivity contribution >= 4 is 81.2 Å². The van der Waals surface area contributed by atoms with Crippen molar-refractivity contribution in [2.75, 3.05) is 112 Å². The molecule has 29 heteroatoms. The number of benzene rings is 3. The minimum atomic E-state index is -1.56. The standard InChI is InChI=1S/C55H76N4O25/c60-44(10-5-19-56-53(75)84-31-43-41-8-3-1-6-38(41)28-39-7-2-4-9-42(39)43)57-40(29-76-20-11-45(61)58-54(32-78-22-13-47(63)64,33-79-23-14-48(65)66)34-80-24-15-49(67)68)30-77-21-12-46(62)59-55(35-81-25-16-50(69)70,36-82-26-17-51(71)72)37-83-27-18-52(73)74/h1-4,6-9,28,40H,5,10-27,29-37H2,(H,56,75)(H,57,60)(H,58,61)(H,59,62)(H,63,64)(H,65,66)(H,67,68)(H,69,70)(H,71,72)(H,73,74). The highest BCUT2D eigenvalue weighted by atomic mass is 16.6. The van der Waals surface area contributed by atoms with Gasteiger partial charge in [0.15, 0.2) is 0 Å². The maximum Gasteiger partial charge on any atom is 0.407 e. The van der Waals surface area contributed by atoms with Gasteiger partial charge in [0, 0.05) is 31.4 Å². The normalized spacial score (nSPS) is 11.5. The van der Waals surface area contributed by atoms with E-state index in [-0.39, 0.29) is 105 Å². The van der Waals surface area contributed by atoms with E-state index < -0.39 is 155 Å². The van der Waals surface area contributed by atoms with Gasteiger partial charge in [-0.3, -0.25) is 43.2 Å². The third-order valence-corrected chi connectivity index (χ3v) is 11.9. The van der Waals surface area contributed by atoms with E-state index in [9.17, 15) is 47.9 Å². The van der Waals surface area contributed by atoms with Gasteiger partial charge in [0.2, 0.25) is 17.7 Å². The minimum absolute atomic E-state index is 0.0228. The first-order valence-electron chi connectivity index (χ1n) is 26.8. The Morgan fingerprint density at radius 1 is 0.417 bits per heavy atom. The van der Waals surface area contributed by atoms with Gasteiger partial charge >= 0.3 is 41.9 Å². The molecule has 466 valence electrons. The van der Waals surface area contributed by atoms with Gasteiger partial charge in [-0.15, -0.1) is 0 Å². The Kier molecular flexibility index (Phi) is 33.4. The molecule has 0 heterocycles. The van der Waals surface area contributed by atoms with Gasteiger partial charge in [0.25, 0.3) is 0 Å². The first-order chi connectivity index (χ1) is 40.2. The van der Waals surface area contributed by atoms with Crippen LogP contribution in [-0.4, -0.2) is 220 Å². The summed E-state index contributed by atoms with van der Waals surface area (Å²) in [5.74, 6) is -8.90. The second-order valence-corrected chi connectivity index (χ2v) is 19.2. The molecule has 0 saturated carbocycles. The summed E-state index contributed by atoms with van der Waals surface area (Å²) in [4.78, 5) is 120. The van der Waals surface area contributed by atoms with E-state index in [2.05, 4.69) is 27.3 Å². The number of hydrogen-bond donors (Lipinski definition) is 10. The minimum Gasteiger partial charge on any atom is -0.481 e. The average Bonchev–Trinajstić information content (AvgIpc) is 3.56. The first-order valence-corrected chi connectivity index (χ1v) is 26.8. The number of hydrogen-bond acceptors (Lipinski definition) is 19. The molecule has 0 saturated heterocycles. The summed E-state index contributed by atoms with van der Waals surface area (Å²) in [5.41, 5.74) is -2.30. The number of amides is 4. The number of carbonyl (C=O) groups excluding carboxylic acids is 4. The van der Waals surface area contributed by atoms with Crippen LogP contribution in [0, 0.1) is 0 Å². The lowest BCUT2D eigenvalue weighted by atomic mass is 9.97. The van der Waals surface area contributed by atoms with Gasteiger partial charge in [0.05, 0.1) is 150 Å². The molecule has 0 radical (unpaired) electrons. The number of carboxylic acid groups (broad SMARTS) is 6. The van der Waals surface area contributed by atoms with Crippen LogP contribution in [0.5, 0.6) is 0 Å². The molecule has 0 unspecified atom stereocenters. The molecule has 0 atom stereocenters. The maximum absolute atomic E-state index is 13.5. The van der Waals surface area contributed by atoms with E-state index in [4.69, 9.17) is 73.3 Å². The highest BCUT2D eigenvalue weighted by Gasteiger charge is 2.35. The average molecular weight is 1190 g/mol. The summed E-state index contributed by atoms with van der Waals surface area (Å²) in [6, 6.07) is 16.6. The van der Waals surface area contributed by atoms with Crippen LogP contribution in [0.25, 0.3) is 21.5 Å². The van der Waals surface area contributed by atoms with Crippen molar-refractivity contribution in [3.8, 4) is 0 Å². The number of fused-ring (bicyclic) bond motifs is 2. The fourth-order valence-corrected chi connectivity index (χ4v) is 7.85. The van der Waals surface area contributed by atoms with Gasteiger partial charge < -0.3 is 94.5 Å². The summed E-state index contributed by atoms with van der Waals surface area (Å²) in [6.07, 6.45) is -3.77. The predicted octanol–water partition coefficient (Wildman–Crippen LogP) is 1.96. The number of alkyl carbamates (subject to hydrolysis) is 1. The summed E-state index contributed by atoms with van der Waals surface area (Å²) in [6.45, 7) is -5.19. The number of rotatable bonds is 49. The van der Waals surface area contributed by atoms with E-state index in [1.807, 2.05) is 48.5 Å². The molecular weight excluding hydrogens is 1120 g/mol. The Bertz CT molecular complexity index is 2340. The first kappa shape index (κ1) is 70.6. The quantitative estimate of drug-likeness (QED) is 0.0285. The van der Waals surface area contributed by atoms with Crippen molar-refractivity contribution in [3.63, 3.8) is 0 Å². The fourth-order valence-electron chi connectivity index (χ4n) is 7.85. The number of aliphatic carboxylic acids is 6. The molecule has 10 N–H and O–H groups in total. The molecule has 0 fully saturated rings. The number of nitrogens with one attached hydrogen (secondary N) is 4. The monoisotopic (exact) mass is 1190 g/mol. The van der Waals surface area contributed by atoms with Crippen LogP contribution in [0.15, 0.2) is 54.6 Å². The zero-order chi connectivity index (χ0) is 61.6. The summed E-state index contributed by atoms with van der Waals surface area (Å²) >= 11 is 0. The van der Waals surface area contributed by atoms with E-state index in [0.29, 0.717) is 0 Å². The second kappa shape index (κ2) is 39.8. The van der Waals surface area contributed by atoms with Crippen molar-refractivity contribution in [3.05, 3.63) is 60.2 Å². The Balaban J connectivity index is 1.71. The molecule has 3 rings (SSSR count). The lowest BCUT2D eigenvalue weighted by Gasteiger charge is -2.34. The van der Waals surface area contributed by atoms with Gasteiger partial charge in [-0.2, -0.15) is 0 Å². The molecule has 0 aliphatic carbocycles. The molecule has 3 aromatic rings. The van der Waals surface area contributed by atoms with Crippen molar-refractivity contribution in [1.82, 2.24) is 21.3 Å². The molecular formula is C55H76N4O25. The van der Waals surface area contributed by atoms with Crippen LogP contribution < -0.4 is 21.3 Å². The van der Waals surface area contributed by atoms with Crippen LogP contribution in [0.1, 0.15) is 69.8 Å². The van der Waals surface area contributed by atoms with Crippen LogP contribution in [-0.2, 0) is 92.4 Å². The molecule has 4 amide bonds. The molecule has 0 aliphatic heterocycles. The van der Waals surface area contributed by atoms with E-state index in [1.165, 1.54) is 0 Å². The molecule has 0 spiro atoms. The van der Waals surface area contributed by atoms with Crippen LogP contribution in [0.2, 0.25) is 0 Å². The van der Waals surface area contributed by atoms with Crippen molar-refractivity contribution in [2.45, 2.75) is 87.9 Å². The van der Waals surface area contributed by atoms with Gasteiger partial charge in [-0.1, -0.05) is 48.5 Å². The lowest BCUT2D eigenvalue weighted by molar-refractivity contribution is -0.142. The van der Waals surface area contributed by atoms with Crippen molar-refractivity contribution in [1.29, 1.82) is 0 Å². The van der Waals surface area contributed by atoms with Crippen molar-refractivity contribution < 1.29 is 121 Å². The highest BCUT2D eigenvalue weighted by molar-refractivity contribution is 6.02. The second-order valence-electron chi connectivity index (χ2n) is 19.2. The van der Waals surface area contributed by atoms with Gasteiger partial charge in [-0.25, -0.2) is 4.79 Å². The molecule has 29 nitrogen and oxygen atoms in total. The zero-order valence-electron chi connectivity index (χ0n) is 46.5. The molecule has 0 bridgehead atoms. The van der Waals surface area contributed by atoms with Crippen LogP contribution in [0.3, 0.4) is 0 Å². The largest absolute Gasteiger partial charge is 0.481 e. The Morgan fingerprint density at radius 3 is 1.10 bits per heavy atom. The fraction of sp³-hybridized carbons (Fsp3) is 0.564. The van der Waals surface area contributed by atoms with Gasteiger partial charge in [0.1, 0.15) is 17.7 Å². The van der Waals surface area contributed by atoms with E-state index >= 15 is 0 Å². The molecule has 84 heavy (non-hydrogen) atoms. The summed E-state index contributed by atoms with van der Waals surface area (Å²) in [5, 5.41) is 69.3. The van der Waals surface area contributed by atoms with Crippen LogP contribution in [0.4, 0.5) is 4.79 Å². The summed E-state index contributed by atoms with van der Waals surface area (Å²) < 4.78 is 50.4. The maximum atomic E-state index is 13.5. The molecule has 0 aromatic heterocycles. The highest BCUT2D eigenvalue weighted by Crippen LogP contribution is 2.29. The Hall–Kier alpha value is -7.64. The van der Waals surface area contributed by atoms with E-state index in [0.717, 1.165) is 27.1 Å². The van der Waals surface area contributed by atoms with Crippen molar-refractivity contribution in [2.24, 2.45) is 0 Å². The molecule has 0 aliphatic rings. The Labute approximate surface area is 482 Å². The number of carboxylic acids is 6. The topological polar surface area (TPSA) is 423 Å².